The number of fused-ring (bicyclic) bond motifs is 2. The standard InChI is InChI=1S/C25H27ClFN5O3/c26-19-11-22-25(30-23(33)15-35-22)29-20(19)13-28-12-16-2-1-7-31(14-16)8-9-32-21-10-18(27)5-3-17(21)4-6-24(32)34/h3-6,10-11,16,28H,1-2,7-9,12-15H2,(H,29,30,33)/t16-/m0/s1. The lowest BCUT2D eigenvalue weighted by Crippen LogP contribution is -2.41. The van der Waals surface area contributed by atoms with Gasteiger partial charge in [0.15, 0.2) is 18.2 Å². The van der Waals surface area contributed by atoms with Crippen molar-refractivity contribution in [1.29, 1.82) is 0 Å². The number of nitrogens with zero attached hydrogens (tertiary/aromatic N) is 3. The molecule has 1 saturated heterocycles. The molecule has 1 aromatic carbocycles. The largest absolute Gasteiger partial charge is 0.480 e. The Morgan fingerprint density at radius 1 is 1.20 bits per heavy atom. The molecule has 2 aliphatic heterocycles. The van der Waals surface area contributed by atoms with Crippen LogP contribution in [0.1, 0.15) is 18.5 Å². The molecule has 8 nitrogen and oxygen atoms in total. The molecule has 4 heterocycles. The minimum Gasteiger partial charge on any atom is -0.480 e. The molecule has 5 rings (SSSR count). The van der Waals surface area contributed by atoms with Crippen LogP contribution in [-0.4, -0.2) is 53.1 Å². The Kier molecular flexibility index (Phi) is 6.99. The SMILES string of the molecule is O=C1COc2cc(Cl)c(CNC[C@@H]3CCCN(CCn4c(=O)ccc5ccc(F)cc54)C3)nc2N1. The number of likely N-dealkylation sites (tertiary alicyclic amines) is 1. The Morgan fingerprint density at radius 3 is 2.94 bits per heavy atom. The number of carbonyl (C=O) groups excluding carboxylic acids is 1. The van der Waals surface area contributed by atoms with Crippen LogP contribution in [0.25, 0.3) is 10.9 Å². The number of amides is 1. The molecule has 0 bridgehead atoms. The van der Waals surface area contributed by atoms with E-state index in [0.29, 0.717) is 46.8 Å². The van der Waals surface area contributed by atoms with Gasteiger partial charge in [-0.15, -0.1) is 0 Å². The molecule has 1 fully saturated rings. The second-order valence-corrected chi connectivity index (χ2v) is 9.47. The normalized spacial score (nSPS) is 18.2. The molecule has 184 valence electrons. The summed E-state index contributed by atoms with van der Waals surface area (Å²) in [6.45, 7) is 4.38. The fourth-order valence-electron chi connectivity index (χ4n) is 4.79. The number of pyridine rings is 2. The maximum absolute atomic E-state index is 13.8. The minimum absolute atomic E-state index is 0.0349. The molecule has 0 saturated carbocycles. The lowest BCUT2D eigenvalue weighted by atomic mass is 9.98. The fraction of sp³-hybridized carbons (Fsp3) is 0.400. The molecule has 2 aromatic heterocycles. The third-order valence-corrected chi connectivity index (χ3v) is 6.88. The van der Waals surface area contributed by atoms with Gasteiger partial charge in [0.05, 0.1) is 16.2 Å². The van der Waals surface area contributed by atoms with E-state index >= 15 is 0 Å². The first-order valence-corrected chi connectivity index (χ1v) is 12.2. The molecule has 0 aliphatic carbocycles. The molecule has 2 N–H and O–H groups in total. The third-order valence-electron chi connectivity index (χ3n) is 6.55. The van der Waals surface area contributed by atoms with Gasteiger partial charge in [0.25, 0.3) is 11.5 Å². The lowest BCUT2D eigenvalue weighted by Gasteiger charge is -2.33. The van der Waals surface area contributed by atoms with E-state index < -0.39 is 0 Å². The quantitative estimate of drug-likeness (QED) is 0.519. The number of ether oxygens (including phenoxy) is 1. The monoisotopic (exact) mass is 499 g/mol. The average molecular weight is 500 g/mol. The van der Waals surface area contributed by atoms with Gasteiger partial charge < -0.3 is 24.8 Å². The van der Waals surface area contributed by atoms with Crippen LogP contribution in [0.5, 0.6) is 5.75 Å². The van der Waals surface area contributed by atoms with Crippen molar-refractivity contribution in [3.63, 3.8) is 0 Å². The molecule has 1 amide bonds. The fourth-order valence-corrected chi connectivity index (χ4v) is 5.00. The predicted molar refractivity (Wildman–Crippen MR) is 132 cm³/mol. The van der Waals surface area contributed by atoms with Crippen LogP contribution in [0.2, 0.25) is 5.02 Å². The number of hydrogen-bond acceptors (Lipinski definition) is 6. The summed E-state index contributed by atoms with van der Waals surface area (Å²) in [4.78, 5) is 30.8. The first-order valence-electron chi connectivity index (χ1n) is 11.8. The second-order valence-electron chi connectivity index (χ2n) is 9.07. The smallest absolute Gasteiger partial charge is 0.263 e. The molecule has 10 heteroatoms. The first kappa shape index (κ1) is 23.7. The van der Waals surface area contributed by atoms with E-state index in [9.17, 15) is 14.0 Å². The van der Waals surface area contributed by atoms with E-state index in [2.05, 4.69) is 20.5 Å². The molecule has 0 unspecified atom stereocenters. The van der Waals surface area contributed by atoms with Crippen LogP contribution in [0.15, 0.2) is 41.2 Å². The highest BCUT2D eigenvalue weighted by atomic mass is 35.5. The van der Waals surface area contributed by atoms with E-state index in [1.807, 2.05) is 0 Å². The summed E-state index contributed by atoms with van der Waals surface area (Å²) in [6, 6.07) is 9.51. The number of benzene rings is 1. The molecule has 3 aromatic rings. The highest BCUT2D eigenvalue weighted by molar-refractivity contribution is 6.31. The maximum Gasteiger partial charge on any atom is 0.263 e. The first-order chi connectivity index (χ1) is 17.0. The van der Waals surface area contributed by atoms with Crippen molar-refractivity contribution >= 4 is 34.2 Å². The van der Waals surface area contributed by atoms with Crippen LogP contribution < -0.4 is 20.9 Å². The van der Waals surface area contributed by atoms with Crippen LogP contribution in [-0.2, 0) is 17.9 Å². The molecular formula is C25H27ClFN5O3. The van der Waals surface area contributed by atoms with Gasteiger partial charge in [0, 0.05) is 38.3 Å². The van der Waals surface area contributed by atoms with Crippen molar-refractivity contribution in [3.8, 4) is 5.75 Å². The molecule has 0 radical (unpaired) electrons. The van der Waals surface area contributed by atoms with Crippen molar-refractivity contribution in [2.75, 3.05) is 38.1 Å². The number of aromatic nitrogens is 2. The van der Waals surface area contributed by atoms with E-state index in [1.54, 1.807) is 28.8 Å². The molecular weight excluding hydrogens is 473 g/mol. The summed E-state index contributed by atoms with van der Waals surface area (Å²) < 4.78 is 20.8. The Morgan fingerprint density at radius 2 is 2.06 bits per heavy atom. The van der Waals surface area contributed by atoms with E-state index in [-0.39, 0.29) is 23.9 Å². The molecule has 0 spiro atoms. The topological polar surface area (TPSA) is 88.5 Å². The Hall–Kier alpha value is -3.01. The minimum atomic E-state index is -0.343. The number of nitrogens with one attached hydrogen (secondary N) is 2. The summed E-state index contributed by atoms with van der Waals surface area (Å²) in [5, 5.41) is 7.49. The number of anilines is 1. The van der Waals surface area contributed by atoms with Gasteiger partial charge in [-0.25, -0.2) is 9.37 Å². The number of piperidine rings is 1. The summed E-state index contributed by atoms with van der Waals surface area (Å²) in [6.07, 6.45) is 2.19. The van der Waals surface area contributed by atoms with E-state index in [0.717, 1.165) is 44.4 Å². The van der Waals surface area contributed by atoms with Crippen molar-refractivity contribution in [1.82, 2.24) is 19.8 Å². The Balaban J connectivity index is 1.16. The van der Waals surface area contributed by atoms with Gasteiger partial charge in [-0.3, -0.25) is 9.59 Å². The summed E-state index contributed by atoms with van der Waals surface area (Å²) in [5.74, 6) is 0.753. The molecule has 2 aliphatic rings. The zero-order valence-corrected chi connectivity index (χ0v) is 20.0. The predicted octanol–water partition coefficient (Wildman–Crippen LogP) is 3.02. The molecule has 35 heavy (non-hydrogen) atoms. The zero-order chi connectivity index (χ0) is 24.4. The van der Waals surface area contributed by atoms with Crippen LogP contribution >= 0.6 is 11.6 Å². The van der Waals surface area contributed by atoms with Crippen molar-refractivity contribution in [2.24, 2.45) is 5.92 Å². The highest BCUT2D eigenvalue weighted by Crippen LogP contribution is 2.30. The van der Waals surface area contributed by atoms with Gasteiger partial charge in [-0.2, -0.15) is 0 Å². The van der Waals surface area contributed by atoms with Crippen LogP contribution in [0.4, 0.5) is 10.2 Å². The van der Waals surface area contributed by atoms with Crippen molar-refractivity contribution in [3.05, 3.63) is 63.3 Å². The zero-order valence-electron chi connectivity index (χ0n) is 19.2. The van der Waals surface area contributed by atoms with Crippen LogP contribution in [0.3, 0.4) is 0 Å². The van der Waals surface area contributed by atoms with Crippen molar-refractivity contribution in [2.45, 2.75) is 25.9 Å². The van der Waals surface area contributed by atoms with Gasteiger partial charge in [-0.1, -0.05) is 11.6 Å². The maximum atomic E-state index is 13.8. The number of hydrogen-bond donors (Lipinski definition) is 2. The van der Waals surface area contributed by atoms with Crippen molar-refractivity contribution < 1.29 is 13.9 Å². The van der Waals surface area contributed by atoms with E-state index in [1.165, 1.54) is 12.1 Å². The number of halogens is 2. The third kappa shape index (κ3) is 5.47. The summed E-state index contributed by atoms with van der Waals surface area (Å²) in [5.41, 5.74) is 1.17. The highest BCUT2D eigenvalue weighted by Gasteiger charge is 2.22. The molecule has 1 atom stereocenters. The van der Waals surface area contributed by atoms with E-state index in [4.69, 9.17) is 16.3 Å². The van der Waals surface area contributed by atoms with Crippen LogP contribution in [0, 0.1) is 11.7 Å². The van der Waals surface area contributed by atoms with Gasteiger partial charge >= 0.3 is 0 Å². The Bertz CT molecular complexity index is 1310. The number of rotatable bonds is 7. The second kappa shape index (κ2) is 10.3. The Labute approximate surface area is 207 Å². The summed E-state index contributed by atoms with van der Waals surface area (Å²) in [7, 11) is 0. The number of carbonyl (C=O) groups is 1. The lowest BCUT2D eigenvalue weighted by molar-refractivity contribution is -0.118. The van der Waals surface area contributed by atoms with Gasteiger partial charge in [0.2, 0.25) is 0 Å². The van der Waals surface area contributed by atoms with Gasteiger partial charge in [0.1, 0.15) is 5.82 Å². The summed E-state index contributed by atoms with van der Waals surface area (Å²) >= 11 is 6.35. The van der Waals surface area contributed by atoms with Gasteiger partial charge in [-0.05, 0) is 61.5 Å². The average Bonchev–Trinajstić information content (AvgIpc) is 2.84.